The van der Waals surface area contributed by atoms with Gasteiger partial charge in [-0.3, -0.25) is 14.4 Å². The Hall–Kier alpha value is -4.06. The molecule has 30 heavy (non-hydrogen) atoms. The second-order valence-electron chi connectivity index (χ2n) is 6.49. The van der Waals surface area contributed by atoms with Crippen LogP contribution in [0, 0.1) is 5.82 Å². The minimum Gasteiger partial charge on any atom is -0.321 e. The van der Waals surface area contributed by atoms with E-state index in [9.17, 15) is 18.8 Å². The monoisotopic (exact) mass is 402 g/mol. The first kappa shape index (κ1) is 20.7. The number of halogens is 1. The Bertz CT molecular complexity index is 1120. The van der Waals surface area contributed by atoms with E-state index in [-0.39, 0.29) is 17.0 Å². The number of anilines is 1. The summed E-state index contributed by atoms with van der Waals surface area (Å²) >= 11 is 0. The normalized spacial score (nSPS) is 10.9. The van der Waals surface area contributed by atoms with Crippen molar-refractivity contribution in [3.05, 3.63) is 107 Å². The third-order valence-electron chi connectivity index (χ3n) is 4.26. The quantitative estimate of drug-likeness (QED) is 0.473. The van der Waals surface area contributed by atoms with Crippen molar-refractivity contribution < 1.29 is 18.8 Å². The van der Waals surface area contributed by atoms with Gasteiger partial charge < -0.3 is 10.6 Å². The molecule has 0 aliphatic carbocycles. The zero-order chi connectivity index (χ0) is 21.5. The van der Waals surface area contributed by atoms with Crippen molar-refractivity contribution in [1.29, 1.82) is 0 Å². The van der Waals surface area contributed by atoms with Crippen LogP contribution < -0.4 is 10.6 Å². The maximum absolute atomic E-state index is 14.1. The molecule has 0 spiro atoms. The molecule has 3 rings (SSSR count). The van der Waals surface area contributed by atoms with Gasteiger partial charge >= 0.3 is 0 Å². The van der Waals surface area contributed by atoms with Gasteiger partial charge in [0, 0.05) is 22.4 Å². The summed E-state index contributed by atoms with van der Waals surface area (Å²) in [6.45, 7) is 1.42. The molecule has 150 valence electrons. The first-order valence-electron chi connectivity index (χ1n) is 9.19. The molecule has 0 atom stereocenters. The second-order valence-corrected chi connectivity index (χ2v) is 6.49. The lowest BCUT2D eigenvalue weighted by Crippen LogP contribution is -2.30. The van der Waals surface area contributed by atoms with Crippen LogP contribution in [0.25, 0.3) is 6.08 Å². The van der Waals surface area contributed by atoms with E-state index >= 15 is 0 Å². The Morgan fingerprint density at radius 3 is 2.20 bits per heavy atom. The van der Waals surface area contributed by atoms with Crippen molar-refractivity contribution >= 4 is 29.4 Å². The Kier molecular flexibility index (Phi) is 6.49. The van der Waals surface area contributed by atoms with Crippen LogP contribution in [0.3, 0.4) is 0 Å². The van der Waals surface area contributed by atoms with E-state index in [1.165, 1.54) is 37.3 Å². The van der Waals surface area contributed by atoms with Crippen LogP contribution in [0.2, 0.25) is 0 Å². The first-order valence-corrected chi connectivity index (χ1v) is 9.19. The Balaban J connectivity index is 1.91. The molecule has 3 aromatic rings. The minimum atomic E-state index is -0.650. The van der Waals surface area contributed by atoms with Crippen molar-refractivity contribution in [2.45, 2.75) is 6.92 Å². The molecule has 2 amide bonds. The molecule has 0 heterocycles. The predicted octanol–water partition coefficient (Wildman–Crippen LogP) is 4.44. The Morgan fingerprint density at radius 2 is 1.50 bits per heavy atom. The van der Waals surface area contributed by atoms with Gasteiger partial charge in [0.25, 0.3) is 11.8 Å². The summed E-state index contributed by atoms with van der Waals surface area (Å²) in [7, 11) is 0. The molecular weight excluding hydrogens is 383 g/mol. The topological polar surface area (TPSA) is 75.3 Å². The number of ketones is 1. The number of nitrogens with one attached hydrogen (secondary N) is 2. The first-order chi connectivity index (χ1) is 14.4. The third-order valence-corrected chi connectivity index (χ3v) is 4.26. The van der Waals surface area contributed by atoms with Gasteiger partial charge in [-0.1, -0.05) is 48.5 Å². The maximum atomic E-state index is 14.1. The Morgan fingerprint density at radius 1 is 0.833 bits per heavy atom. The lowest BCUT2D eigenvalue weighted by atomic mass is 10.1. The summed E-state index contributed by atoms with van der Waals surface area (Å²) < 4.78 is 14.1. The molecule has 3 aromatic carbocycles. The van der Waals surface area contributed by atoms with E-state index in [2.05, 4.69) is 10.6 Å². The van der Waals surface area contributed by atoms with E-state index < -0.39 is 17.6 Å². The highest BCUT2D eigenvalue weighted by Crippen LogP contribution is 2.15. The summed E-state index contributed by atoms with van der Waals surface area (Å²) in [5, 5.41) is 5.18. The van der Waals surface area contributed by atoms with Crippen LogP contribution in [-0.2, 0) is 4.79 Å². The van der Waals surface area contributed by atoms with Crippen molar-refractivity contribution in [3.63, 3.8) is 0 Å². The standard InChI is InChI=1S/C24H19FN2O3/c1-16(28)18-11-7-12-20(14-18)26-24(30)22(15-19-10-5-6-13-21(19)25)27-23(29)17-8-3-2-4-9-17/h2-15H,1H3,(H,26,30)(H,27,29)/b22-15-. The maximum Gasteiger partial charge on any atom is 0.272 e. The second kappa shape index (κ2) is 9.43. The molecule has 0 saturated heterocycles. The zero-order valence-electron chi connectivity index (χ0n) is 16.2. The predicted molar refractivity (Wildman–Crippen MR) is 113 cm³/mol. The van der Waals surface area contributed by atoms with E-state index in [4.69, 9.17) is 0 Å². The van der Waals surface area contributed by atoms with Gasteiger partial charge in [-0.25, -0.2) is 4.39 Å². The summed E-state index contributed by atoms with van der Waals surface area (Å²) in [5.74, 6) is -1.84. The molecular formula is C24H19FN2O3. The number of carbonyl (C=O) groups excluding carboxylic acids is 3. The molecule has 6 heteroatoms. The van der Waals surface area contributed by atoms with E-state index in [0.29, 0.717) is 16.8 Å². The third kappa shape index (κ3) is 5.26. The molecule has 5 nitrogen and oxygen atoms in total. The zero-order valence-corrected chi connectivity index (χ0v) is 16.2. The van der Waals surface area contributed by atoms with Crippen molar-refractivity contribution in [2.24, 2.45) is 0 Å². The summed E-state index contributed by atoms with van der Waals surface area (Å²) in [5.41, 5.74) is 1.17. The number of amides is 2. The molecule has 0 fully saturated rings. The molecule has 2 N–H and O–H groups in total. The van der Waals surface area contributed by atoms with Crippen molar-refractivity contribution in [2.75, 3.05) is 5.32 Å². The number of hydrogen-bond acceptors (Lipinski definition) is 3. The fourth-order valence-electron chi connectivity index (χ4n) is 2.70. The van der Waals surface area contributed by atoms with Gasteiger partial charge in [0.1, 0.15) is 11.5 Å². The highest BCUT2D eigenvalue weighted by molar-refractivity contribution is 6.11. The summed E-state index contributed by atoms with van der Waals surface area (Å²) in [4.78, 5) is 37.0. The SMILES string of the molecule is CC(=O)c1cccc(NC(=O)/C(=C/c2ccccc2F)NC(=O)c2ccccc2)c1. The fraction of sp³-hybridized carbons (Fsp3) is 0.0417. The molecule has 0 aliphatic heterocycles. The van der Waals surface area contributed by atoms with Crippen molar-refractivity contribution in [1.82, 2.24) is 5.32 Å². The number of carbonyl (C=O) groups is 3. The molecule has 0 radical (unpaired) electrons. The highest BCUT2D eigenvalue weighted by atomic mass is 19.1. The van der Waals surface area contributed by atoms with Crippen LogP contribution in [0.1, 0.15) is 33.2 Å². The van der Waals surface area contributed by atoms with E-state index in [1.807, 2.05) is 0 Å². The molecule has 0 unspecified atom stereocenters. The summed E-state index contributed by atoms with van der Waals surface area (Å²) in [6, 6.07) is 20.7. The smallest absolute Gasteiger partial charge is 0.272 e. The average molecular weight is 402 g/mol. The van der Waals surface area contributed by atoms with Gasteiger partial charge in [-0.05, 0) is 43.3 Å². The van der Waals surface area contributed by atoms with Gasteiger partial charge in [-0.2, -0.15) is 0 Å². The van der Waals surface area contributed by atoms with Crippen LogP contribution in [0.5, 0.6) is 0 Å². The van der Waals surface area contributed by atoms with Crippen LogP contribution in [0.4, 0.5) is 10.1 Å². The van der Waals surface area contributed by atoms with E-state index in [1.54, 1.807) is 54.6 Å². The van der Waals surface area contributed by atoms with Gasteiger partial charge in [0.05, 0.1) is 0 Å². The molecule has 0 aliphatic rings. The fourth-order valence-corrected chi connectivity index (χ4v) is 2.70. The number of Topliss-reactive ketones (excluding diaryl/α,β-unsaturated/α-hetero) is 1. The van der Waals surface area contributed by atoms with Gasteiger partial charge in [0.15, 0.2) is 5.78 Å². The van der Waals surface area contributed by atoms with Crippen LogP contribution in [0.15, 0.2) is 84.6 Å². The molecule has 0 bridgehead atoms. The number of hydrogen-bond donors (Lipinski definition) is 2. The number of rotatable bonds is 6. The van der Waals surface area contributed by atoms with Crippen LogP contribution >= 0.6 is 0 Å². The Labute approximate surface area is 173 Å². The average Bonchev–Trinajstić information content (AvgIpc) is 2.75. The number of benzene rings is 3. The minimum absolute atomic E-state index is 0.137. The van der Waals surface area contributed by atoms with Crippen molar-refractivity contribution in [3.8, 4) is 0 Å². The molecule has 0 saturated carbocycles. The van der Waals surface area contributed by atoms with Gasteiger partial charge in [-0.15, -0.1) is 0 Å². The summed E-state index contributed by atoms with van der Waals surface area (Å²) in [6.07, 6.45) is 1.26. The lowest BCUT2D eigenvalue weighted by Gasteiger charge is -2.12. The molecule has 0 aromatic heterocycles. The van der Waals surface area contributed by atoms with E-state index in [0.717, 1.165) is 0 Å². The largest absolute Gasteiger partial charge is 0.321 e. The van der Waals surface area contributed by atoms with Crippen LogP contribution in [-0.4, -0.2) is 17.6 Å². The lowest BCUT2D eigenvalue weighted by molar-refractivity contribution is -0.113. The highest BCUT2D eigenvalue weighted by Gasteiger charge is 2.16. The van der Waals surface area contributed by atoms with Gasteiger partial charge in [0.2, 0.25) is 0 Å².